The van der Waals surface area contributed by atoms with E-state index in [9.17, 15) is 19.5 Å². The van der Waals surface area contributed by atoms with Crippen molar-refractivity contribution in [2.24, 2.45) is 0 Å². The average Bonchev–Trinajstić information content (AvgIpc) is 3.20. The molecule has 0 saturated heterocycles. The molecule has 0 spiro atoms. The fourth-order valence-electron chi connectivity index (χ4n) is 8.26. The third-order valence-corrected chi connectivity index (χ3v) is 12.2. The van der Waals surface area contributed by atoms with Gasteiger partial charge in [0.25, 0.3) is 0 Å². The summed E-state index contributed by atoms with van der Waals surface area (Å²) in [5, 5.41) is 12.6. The number of nitrogens with one attached hydrogen (secondary N) is 1. The summed E-state index contributed by atoms with van der Waals surface area (Å²) in [4.78, 5) is 40.2. The van der Waals surface area contributed by atoms with Crippen molar-refractivity contribution in [1.29, 1.82) is 0 Å². The number of carbonyl (C=O) groups is 3. The van der Waals surface area contributed by atoms with Crippen LogP contribution in [-0.2, 0) is 14.4 Å². The SMILES string of the molecule is CCCCCCCCCCCCCCCCCC(=O)N[C@@H](CCC(=O)N(CCCCCCCCCCCCCC)CCCCCCCCCCCCCC)C(=O)O. The van der Waals surface area contributed by atoms with Gasteiger partial charge in [-0.2, -0.15) is 0 Å². The van der Waals surface area contributed by atoms with Crippen molar-refractivity contribution in [2.45, 2.75) is 296 Å². The number of rotatable bonds is 47. The molecule has 0 aromatic rings. The molecule has 2 N–H and O–H groups in total. The largest absolute Gasteiger partial charge is 0.480 e. The molecule has 0 aromatic carbocycles. The summed E-state index contributed by atoms with van der Waals surface area (Å²) in [6.07, 6.45) is 50.8. The minimum absolute atomic E-state index is 0.0454. The average molecular weight is 805 g/mol. The van der Waals surface area contributed by atoms with E-state index in [0.29, 0.717) is 6.42 Å². The third kappa shape index (κ3) is 41.0. The maximum Gasteiger partial charge on any atom is 0.326 e. The van der Waals surface area contributed by atoms with Crippen molar-refractivity contribution < 1.29 is 19.5 Å². The van der Waals surface area contributed by atoms with Gasteiger partial charge in [-0.3, -0.25) is 9.59 Å². The van der Waals surface area contributed by atoms with Crippen LogP contribution in [0.2, 0.25) is 0 Å². The predicted octanol–water partition coefficient (Wildman–Crippen LogP) is 15.8. The molecular weight excluding hydrogens is 705 g/mol. The van der Waals surface area contributed by atoms with Crippen LogP contribution >= 0.6 is 0 Å². The minimum Gasteiger partial charge on any atom is -0.480 e. The van der Waals surface area contributed by atoms with Crippen molar-refractivity contribution >= 4 is 17.8 Å². The molecule has 6 heteroatoms. The highest BCUT2D eigenvalue weighted by atomic mass is 16.4. The fraction of sp³-hybridized carbons (Fsp3) is 0.941. The van der Waals surface area contributed by atoms with E-state index in [-0.39, 0.29) is 24.7 Å². The zero-order valence-corrected chi connectivity index (χ0v) is 38.8. The second kappa shape index (κ2) is 45.5. The Labute approximate surface area is 356 Å². The van der Waals surface area contributed by atoms with Gasteiger partial charge in [0.15, 0.2) is 0 Å². The fourth-order valence-corrected chi connectivity index (χ4v) is 8.26. The molecule has 338 valence electrons. The summed E-state index contributed by atoms with van der Waals surface area (Å²) in [5.74, 6) is -1.19. The Morgan fingerprint density at radius 1 is 0.386 bits per heavy atom. The van der Waals surface area contributed by atoms with Crippen LogP contribution in [0.15, 0.2) is 0 Å². The molecule has 0 rings (SSSR count). The lowest BCUT2D eigenvalue weighted by Gasteiger charge is -2.24. The molecule has 0 bridgehead atoms. The zero-order chi connectivity index (χ0) is 41.7. The Bertz CT molecular complexity index is 836. The summed E-state index contributed by atoms with van der Waals surface area (Å²) in [5.41, 5.74) is 0. The topological polar surface area (TPSA) is 86.7 Å². The second-order valence-corrected chi connectivity index (χ2v) is 17.9. The van der Waals surface area contributed by atoms with Crippen molar-refractivity contribution in [2.75, 3.05) is 13.1 Å². The second-order valence-electron chi connectivity index (χ2n) is 17.9. The van der Waals surface area contributed by atoms with Crippen LogP contribution in [0.3, 0.4) is 0 Å². The summed E-state index contributed by atoms with van der Waals surface area (Å²) in [6.45, 7) is 8.34. The summed E-state index contributed by atoms with van der Waals surface area (Å²) in [7, 11) is 0. The quantitative estimate of drug-likeness (QED) is 0.0600. The summed E-state index contributed by atoms with van der Waals surface area (Å²) < 4.78 is 0. The molecule has 0 aliphatic rings. The first-order chi connectivity index (χ1) is 28.0. The van der Waals surface area contributed by atoms with Gasteiger partial charge in [0.05, 0.1) is 0 Å². The van der Waals surface area contributed by atoms with Gasteiger partial charge in [0.2, 0.25) is 11.8 Å². The lowest BCUT2D eigenvalue weighted by molar-refractivity contribution is -0.142. The van der Waals surface area contributed by atoms with E-state index in [2.05, 4.69) is 26.1 Å². The van der Waals surface area contributed by atoms with Gasteiger partial charge in [0, 0.05) is 25.9 Å². The van der Waals surface area contributed by atoms with E-state index >= 15 is 0 Å². The van der Waals surface area contributed by atoms with Gasteiger partial charge in [-0.15, -0.1) is 0 Å². The first-order valence-electron chi connectivity index (χ1n) is 25.8. The van der Waals surface area contributed by atoms with Gasteiger partial charge >= 0.3 is 5.97 Å². The van der Waals surface area contributed by atoms with Crippen LogP contribution < -0.4 is 5.32 Å². The molecule has 0 heterocycles. The maximum atomic E-state index is 13.5. The maximum absolute atomic E-state index is 13.5. The van der Waals surface area contributed by atoms with Crippen molar-refractivity contribution in [3.8, 4) is 0 Å². The van der Waals surface area contributed by atoms with E-state index in [1.54, 1.807) is 0 Å². The molecule has 1 atom stereocenters. The molecule has 0 aromatic heterocycles. The van der Waals surface area contributed by atoms with E-state index < -0.39 is 12.0 Å². The molecule has 0 fully saturated rings. The Morgan fingerprint density at radius 3 is 0.930 bits per heavy atom. The van der Waals surface area contributed by atoms with Gasteiger partial charge in [-0.05, 0) is 25.7 Å². The molecule has 0 aliphatic carbocycles. The Kier molecular flexibility index (Phi) is 44.2. The molecule has 0 saturated carbocycles. The Morgan fingerprint density at radius 2 is 0.649 bits per heavy atom. The van der Waals surface area contributed by atoms with E-state index in [4.69, 9.17) is 0 Å². The van der Waals surface area contributed by atoms with Crippen molar-refractivity contribution in [3.63, 3.8) is 0 Å². The first kappa shape index (κ1) is 55.4. The van der Waals surface area contributed by atoms with Crippen LogP contribution in [0.4, 0.5) is 0 Å². The van der Waals surface area contributed by atoms with Gasteiger partial charge < -0.3 is 15.3 Å². The van der Waals surface area contributed by atoms with E-state index in [1.165, 1.54) is 205 Å². The number of unbranched alkanes of at least 4 members (excludes halogenated alkanes) is 36. The Balaban J connectivity index is 4.43. The highest BCUT2D eigenvalue weighted by Gasteiger charge is 2.22. The van der Waals surface area contributed by atoms with Crippen LogP contribution in [0.1, 0.15) is 290 Å². The monoisotopic (exact) mass is 805 g/mol. The van der Waals surface area contributed by atoms with Crippen LogP contribution in [0, 0.1) is 0 Å². The van der Waals surface area contributed by atoms with Crippen molar-refractivity contribution in [3.05, 3.63) is 0 Å². The first-order valence-corrected chi connectivity index (χ1v) is 25.8. The predicted molar refractivity (Wildman–Crippen MR) is 247 cm³/mol. The smallest absolute Gasteiger partial charge is 0.326 e. The van der Waals surface area contributed by atoms with Gasteiger partial charge in [0.1, 0.15) is 6.04 Å². The normalized spacial score (nSPS) is 11.9. The molecule has 0 unspecified atom stereocenters. The number of hydrogen-bond donors (Lipinski definition) is 2. The molecule has 2 amide bonds. The standard InChI is InChI=1S/C51H100N2O4/c1-4-7-10-13-16-19-22-25-26-27-28-31-34-37-40-43-49(54)52-48(51(56)57)44-45-50(55)53(46-41-38-35-32-29-23-20-17-14-11-8-5-2)47-42-39-36-33-30-24-21-18-15-12-9-6-3/h48H,4-47H2,1-3H3,(H,52,54)(H,56,57)/t48-/m0/s1. The number of aliphatic carboxylic acids is 1. The number of hydrogen-bond acceptors (Lipinski definition) is 3. The molecule has 0 radical (unpaired) electrons. The highest BCUT2D eigenvalue weighted by Crippen LogP contribution is 2.17. The van der Waals surface area contributed by atoms with E-state index in [1.807, 2.05) is 4.90 Å². The molecule has 0 aliphatic heterocycles. The molecular formula is C51H100N2O4. The van der Waals surface area contributed by atoms with E-state index in [0.717, 1.165) is 58.0 Å². The van der Waals surface area contributed by atoms with Gasteiger partial charge in [-0.25, -0.2) is 4.79 Å². The lowest BCUT2D eigenvalue weighted by Crippen LogP contribution is -2.42. The van der Waals surface area contributed by atoms with Crippen LogP contribution in [0.25, 0.3) is 0 Å². The zero-order valence-electron chi connectivity index (χ0n) is 38.8. The number of carboxylic acid groups (broad SMARTS) is 1. The number of carbonyl (C=O) groups excluding carboxylic acids is 2. The Hall–Kier alpha value is -1.59. The van der Waals surface area contributed by atoms with Crippen LogP contribution in [-0.4, -0.2) is 46.9 Å². The number of nitrogens with zero attached hydrogens (tertiary/aromatic N) is 1. The van der Waals surface area contributed by atoms with Crippen molar-refractivity contribution in [1.82, 2.24) is 10.2 Å². The third-order valence-electron chi connectivity index (χ3n) is 12.2. The molecule has 6 nitrogen and oxygen atoms in total. The number of carboxylic acids is 1. The summed E-state index contributed by atoms with van der Waals surface area (Å²) >= 11 is 0. The molecule has 57 heavy (non-hydrogen) atoms. The summed E-state index contributed by atoms with van der Waals surface area (Å²) in [6, 6.07) is -1.00. The van der Waals surface area contributed by atoms with Crippen LogP contribution in [0.5, 0.6) is 0 Å². The lowest BCUT2D eigenvalue weighted by atomic mass is 10.0. The minimum atomic E-state index is -1.04. The highest BCUT2D eigenvalue weighted by molar-refractivity contribution is 5.84. The van der Waals surface area contributed by atoms with Gasteiger partial charge in [-0.1, -0.05) is 252 Å². The number of amides is 2.